The fourth-order valence-electron chi connectivity index (χ4n) is 6.39. The summed E-state index contributed by atoms with van der Waals surface area (Å²) in [5, 5.41) is 6.53. The standard InChI is InChI=1S/C34H39Cl2F2N3O3/c1-33(2,3)18-27-34(19-39,24-16-13-21(35)17-26(24)37)29(23-8-6-9-25(36)30(23)38)31(41-27)32(43)40-22-14-11-20(12-15-22)7-5-10-28(42)44-4/h6,8-9,11-17,27,29,31,41H,5,7,10,18-19,39H2,1-4H3,(H,40,43)/t27?,29?,31-,34+/m1/s1. The summed E-state index contributed by atoms with van der Waals surface area (Å²) < 4.78 is 36.4. The summed E-state index contributed by atoms with van der Waals surface area (Å²) in [6, 6.07) is 14.8. The number of anilines is 1. The number of nitrogens with two attached hydrogens (primary N) is 1. The van der Waals surface area contributed by atoms with Crippen molar-refractivity contribution in [1.29, 1.82) is 0 Å². The Morgan fingerprint density at radius 2 is 1.77 bits per heavy atom. The van der Waals surface area contributed by atoms with E-state index in [0.717, 1.165) is 5.56 Å². The van der Waals surface area contributed by atoms with Crippen molar-refractivity contribution in [3.63, 3.8) is 0 Å². The highest BCUT2D eigenvalue weighted by atomic mass is 35.5. The van der Waals surface area contributed by atoms with E-state index in [4.69, 9.17) is 33.7 Å². The Hall–Kier alpha value is -3.04. The number of esters is 1. The summed E-state index contributed by atoms with van der Waals surface area (Å²) in [6.07, 6.45) is 2.13. The molecule has 0 bridgehead atoms. The molecule has 0 aliphatic carbocycles. The molecule has 4 rings (SSSR count). The second-order valence-electron chi connectivity index (χ2n) is 12.6. The number of carbonyl (C=O) groups is 2. The predicted molar refractivity (Wildman–Crippen MR) is 171 cm³/mol. The first-order valence-electron chi connectivity index (χ1n) is 14.6. The zero-order chi connectivity index (χ0) is 32.2. The number of benzene rings is 3. The van der Waals surface area contributed by atoms with Gasteiger partial charge in [-0.1, -0.05) is 74.3 Å². The van der Waals surface area contributed by atoms with Gasteiger partial charge in [-0.2, -0.15) is 0 Å². The number of amides is 1. The maximum Gasteiger partial charge on any atom is 0.305 e. The van der Waals surface area contributed by atoms with Crippen molar-refractivity contribution in [2.75, 3.05) is 19.0 Å². The van der Waals surface area contributed by atoms with Crippen molar-refractivity contribution >= 4 is 40.8 Å². The average Bonchev–Trinajstić information content (AvgIpc) is 3.28. The van der Waals surface area contributed by atoms with Crippen LogP contribution in [0.1, 0.15) is 62.6 Å². The zero-order valence-corrected chi connectivity index (χ0v) is 26.9. The third-order valence-corrected chi connectivity index (χ3v) is 8.90. The normalized spacial score (nSPS) is 21.7. The second kappa shape index (κ2) is 13.9. The molecule has 236 valence electrons. The molecule has 1 saturated heterocycles. The lowest BCUT2D eigenvalue weighted by Gasteiger charge is -2.42. The highest BCUT2D eigenvalue weighted by molar-refractivity contribution is 6.31. The van der Waals surface area contributed by atoms with Gasteiger partial charge in [0.1, 0.15) is 11.6 Å². The molecule has 6 nitrogen and oxygen atoms in total. The quantitative estimate of drug-likeness (QED) is 0.203. The predicted octanol–water partition coefficient (Wildman–Crippen LogP) is 7.16. The smallest absolute Gasteiger partial charge is 0.305 e. The Kier molecular flexibility index (Phi) is 10.7. The minimum atomic E-state index is -1.24. The topological polar surface area (TPSA) is 93.4 Å². The van der Waals surface area contributed by atoms with E-state index in [1.54, 1.807) is 36.4 Å². The third-order valence-electron chi connectivity index (χ3n) is 8.37. The Morgan fingerprint density at radius 3 is 2.39 bits per heavy atom. The summed E-state index contributed by atoms with van der Waals surface area (Å²) in [4.78, 5) is 25.5. The average molecular weight is 647 g/mol. The molecule has 3 aromatic carbocycles. The maximum absolute atomic E-state index is 15.9. The number of methoxy groups -OCH3 is 1. The number of hydrogen-bond donors (Lipinski definition) is 3. The van der Waals surface area contributed by atoms with Crippen LogP contribution >= 0.6 is 23.2 Å². The van der Waals surface area contributed by atoms with Gasteiger partial charge in [-0.15, -0.1) is 0 Å². The molecule has 1 aliphatic heterocycles. The molecule has 44 heavy (non-hydrogen) atoms. The van der Waals surface area contributed by atoms with Gasteiger partial charge in [0.15, 0.2) is 0 Å². The molecule has 4 N–H and O–H groups in total. The van der Waals surface area contributed by atoms with E-state index in [1.807, 2.05) is 32.9 Å². The van der Waals surface area contributed by atoms with Gasteiger partial charge in [-0.05, 0) is 71.7 Å². The van der Waals surface area contributed by atoms with Crippen LogP contribution in [0.5, 0.6) is 0 Å². The number of halogens is 4. The molecule has 1 aliphatic rings. The highest BCUT2D eigenvalue weighted by Gasteiger charge is 2.59. The first kappa shape index (κ1) is 33.8. The summed E-state index contributed by atoms with van der Waals surface area (Å²) in [5.41, 5.74) is 7.04. The summed E-state index contributed by atoms with van der Waals surface area (Å²) in [5.74, 6) is -2.87. The van der Waals surface area contributed by atoms with Crippen LogP contribution in [0, 0.1) is 17.0 Å². The number of ether oxygens (including phenoxy) is 1. The fourth-order valence-corrected chi connectivity index (χ4v) is 6.73. The fraction of sp³-hybridized carbons (Fsp3) is 0.412. The SMILES string of the molecule is COC(=O)CCCc1ccc(NC(=O)[C@@H]2NC(CC(C)(C)C)[C@](CN)(c3ccc(Cl)cc3F)C2c2cccc(Cl)c2F)cc1. The molecule has 3 aromatic rings. The molecule has 0 radical (unpaired) electrons. The van der Waals surface area contributed by atoms with Crippen LogP contribution in [0.25, 0.3) is 0 Å². The Labute approximate surface area is 267 Å². The van der Waals surface area contributed by atoms with E-state index in [1.165, 1.54) is 19.2 Å². The van der Waals surface area contributed by atoms with Gasteiger partial charge in [0.2, 0.25) is 5.91 Å². The highest BCUT2D eigenvalue weighted by Crippen LogP contribution is 2.52. The van der Waals surface area contributed by atoms with E-state index >= 15 is 8.78 Å². The lowest BCUT2D eigenvalue weighted by molar-refractivity contribution is -0.140. The lowest BCUT2D eigenvalue weighted by atomic mass is 9.62. The van der Waals surface area contributed by atoms with Gasteiger partial charge >= 0.3 is 5.97 Å². The number of rotatable bonds is 10. The van der Waals surface area contributed by atoms with E-state index in [9.17, 15) is 9.59 Å². The Balaban J connectivity index is 1.76. The summed E-state index contributed by atoms with van der Waals surface area (Å²) in [7, 11) is 1.36. The molecule has 4 atom stereocenters. The molecule has 1 fully saturated rings. The van der Waals surface area contributed by atoms with Crippen LogP contribution in [0.4, 0.5) is 14.5 Å². The van der Waals surface area contributed by atoms with E-state index in [0.29, 0.717) is 31.4 Å². The molecular formula is C34H39Cl2F2N3O3. The van der Waals surface area contributed by atoms with E-state index in [-0.39, 0.29) is 39.1 Å². The van der Waals surface area contributed by atoms with Gasteiger partial charge in [0.05, 0.1) is 18.2 Å². The van der Waals surface area contributed by atoms with Gasteiger partial charge < -0.3 is 21.1 Å². The van der Waals surface area contributed by atoms with Crippen molar-refractivity contribution in [1.82, 2.24) is 5.32 Å². The van der Waals surface area contributed by atoms with Crippen LogP contribution in [-0.2, 0) is 26.2 Å². The molecule has 0 saturated carbocycles. The first-order chi connectivity index (χ1) is 20.8. The molecule has 2 unspecified atom stereocenters. The van der Waals surface area contributed by atoms with Crippen molar-refractivity contribution in [2.24, 2.45) is 11.1 Å². The lowest BCUT2D eigenvalue weighted by Crippen LogP contribution is -2.50. The van der Waals surface area contributed by atoms with Crippen LogP contribution in [0.15, 0.2) is 60.7 Å². The number of hydrogen-bond acceptors (Lipinski definition) is 5. The molecule has 1 heterocycles. The van der Waals surface area contributed by atoms with Crippen LogP contribution in [0.3, 0.4) is 0 Å². The van der Waals surface area contributed by atoms with Crippen molar-refractivity contribution in [3.8, 4) is 0 Å². The monoisotopic (exact) mass is 645 g/mol. The van der Waals surface area contributed by atoms with Crippen molar-refractivity contribution in [2.45, 2.75) is 69.9 Å². The number of carbonyl (C=O) groups excluding carboxylic acids is 2. The third kappa shape index (κ3) is 7.26. The molecule has 1 amide bonds. The minimum absolute atomic E-state index is 0.0834. The van der Waals surface area contributed by atoms with Crippen LogP contribution in [0.2, 0.25) is 10.0 Å². The molecular weight excluding hydrogens is 607 g/mol. The van der Waals surface area contributed by atoms with Crippen molar-refractivity contribution in [3.05, 3.63) is 99.0 Å². The largest absolute Gasteiger partial charge is 0.469 e. The summed E-state index contributed by atoms with van der Waals surface area (Å²) >= 11 is 12.4. The van der Waals surface area contributed by atoms with Crippen LogP contribution in [-0.4, -0.2) is 37.6 Å². The summed E-state index contributed by atoms with van der Waals surface area (Å²) in [6.45, 7) is 6.05. The van der Waals surface area contributed by atoms with Gasteiger partial charge in [0.25, 0.3) is 0 Å². The van der Waals surface area contributed by atoms with Crippen molar-refractivity contribution < 1.29 is 23.1 Å². The Morgan fingerprint density at radius 1 is 1.07 bits per heavy atom. The van der Waals surface area contributed by atoms with Crippen LogP contribution < -0.4 is 16.4 Å². The van der Waals surface area contributed by atoms with Gasteiger partial charge in [-0.3, -0.25) is 9.59 Å². The molecule has 0 aromatic heterocycles. The van der Waals surface area contributed by atoms with E-state index < -0.39 is 41.0 Å². The molecule has 10 heteroatoms. The number of nitrogens with one attached hydrogen (secondary N) is 2. The zero-order valence-electron chi connectivity index (χ0n) is 25.4. The Bertz CT molecular complexity index is 1500. The van der Waals surface area contributed by atoms with Gasteiger partial charge in [-0.25, -0.2) is 8.78 Å². The molecule has 0 spiro atoms. The second-order valence-corrected chi connectivity index (χ2v) is 13.4. The first-order valence-corrected chi connectivity index (χ1v) is 15.4. The number of aryl methyl sites for hydroxylation is 1. The van der Waals surface area contributed by atoms with Gasteiger partial charge in [0, 0.05) is 41.1 Å². The minimum Gasteiger partial charge on any atom is -0.469 e. The maximum atomic E-state index is 15.9. The van der Waals surface area contributed by atoms with E-state index in [2.05, 4.69) is 10.6 Å².